The summed E-state index contributed by atoms with van der Waals surface area (Å²) in [6, 6.07) is -0.100. The molecule has 0 bridgehead atoms. The summed E-state index contributed by atoms with van der Waals surface area (Å²) in [6.07, 6.45) is 0. The lowest BCUT2D eigenvalue weighted by molar-refractivity contribution is -0.123. The smallest absolute Gasteiger partial charge is 0.191 e. The van der Waals surface area contributed by atoms with Gasteiger partial charge in [0.05, 0.1) is 12.6 Å². The molecule has 1 heterocycles. The molecule has 4 heteroatoms. The molecular weight excluding hydrogens is 214 g/mol. The summed E-state index contributed by atoms with van der Waals surface area (Å²) in [5.74, 6) is 2.78. The van der Waals surface area contributed by atoms with E-state index in [-0.39, 0.29) is 12.0 Å². The monoisotopic (exact) mass is 237 g/mol. The van der Waals surface area contributed by atoms with Crippen molar-refractivity contribution in [1.29, 1.82) is 0 Å². The molecule has 17 heavy (non-hydrogen) atoms. The van der Waals surface area contributed by atoms with E-state index in [0.717, 1.165) is 19.0 Å². The molecule has 0 aromatic carbocycles. The first-order valence-electron chi connectivity index (χ1n) is 6.61. The Labute approximate surface area is 103 Å². The van der Waals surface area contributed by atoms with Gasteiger partial charge in [-0.2, -0.15) is 0 Å². The van der Waals surface area contributed by atoms with Crippen LogP contribution in [0.25, 0.3) is 0 Å². The Morgan fingerprint density at radius 2 is 2.06 bits per heavy atom. The van der Waals surface area contributed by atoms with Crippen LogP contribution in [0.15, 0.2) is 4.99 Å². The van der Waals surface area contributed by atoms with Gasteiger partial charge < -0.3 is 10.6 Å². The molecule has 0 aromatic heterocycles. The van der Waals surface area contributed by atoms with Gasteiger partial charge in [0.1, 0.15) is 0 Å². The van der Waals surface area contributed by atoms with E-state index in [1.807, 2.05) is 0 Å². The van der Waals surface area contributed by atoms with Gasteiger partial charge >= 0.3 is 0 Å². The van der Waals surface area contributed by atoms with Crippen molar-refractivity contribution in [2.45, 2.75) is 33.7 Å². The highest BCUT2D eigenvalue weighted by molar-refractivity contribution is 5.93. The molecule has 3 unspecified atom stereocenters. The number of carbonyl (C=O) groups excluding carboxylic acids is 1. The van der Waals surface area contributed by atoms with Crippen LogP contribution < -0.4 is 10.6 Å². The number of ketones is 1. The second kappa shape index (κ2) is 4.67. The molecule has 96 valence electrons. The van der Waals surface area contributed by atoms with Crippen molar-refractivity contribution in [2.24, 2.45) is 28.7 Å². The SMILES string of the molecule is CC(C)C(NC1=NCCN1)C(=O)C1C(C)C1C. The maximum atomic E-state index is 12.4. The van der Waals surface area contributed by atoms with E-state index < -0.39 is 0 Å². The Bertz CT molecular complexity index is 330. The van der Waals surface area contributed by atoms with Gasteiger partial charge in [-0.05, 0) is 17.8 Å². The quantitative estimate of drug-likeness (QED) is 0.768. The fourth-order valence-electron chi connectivity index (χ4n) is 2.60. The maximum absolute atomic E-state index is 12.4. The van der Waals surface area contributed by atoms with E-state index in [0.29, 0.717) is 23.5 Å². The molecule has 1 saturated carbocycles. The lowest BCUT2D eigenvalue weighted by Crippen LogP contribution is -2.48. The van der Waals surface area contributed by atoms with Crippen molar-refractivity contribution < 1.29 is 4.79 Å². The number of nitrogens with one attached hydrogen (secondary N) is 2. The number of aliphatic imine (C=N–C) groups is 1. The second-order valence-corrected chi connectivity index (χ2v) is 5.67. The van der Waals surface area contributed by atoms with Gasteiger partial charge in [0.15, 0.2) is 11.7 Å². The van der Waals surface area contributed by atoms with Gasteiger partial charge in [-0.15, -0.1) is 0 Å². The number of Topliss-reactive ketones (excluding diaryl/α,β-unsaturated/α-hetero) is 1. The highest BCUT2D eigenvalue weighted by Gasteiger charge is 2.50. The average molecular weight is 237 g/mol. The fraction of sp³-hybridized carbons (Fsp3) is 0.846. The average Bonchev–Trinajstić information content (AvgIpc) is 2.71. The lowest BCUT2D eigenvalue weighted by atomic mass is 9.96. The molecule has 1 aliphatic carbocycles. The van der Waals surface area contributed by atoms with Crippen LogP contribution in [0.3, 0.4) is 0 Å². The van der Waals surface area contributed by atoms with Crippen molar-refractivity contribution in [1.82, 2.24) is 10.6 Å². The summed E-state index contributed by atoms with van der Waals surface area (Å²) in [6.45, 7) is 10.2. The fourth-order valence-corrected chi connectivity index (χ4v) is 2.60. The van der Waals surface area contributed by atoms with Crippen LogP contribution >= 0.6 is 0 Å². The molecule has 0 radical (unpaired) electrons. The normalized spacial score (nSPS) is 33.0. The summed E-state index contributed by atoms with van der Waals surface area (Å²) in [5, 5.41) is 6.43. The van der Waals surface area contributed by atoms with Crippen molar-refractivity contribution in [3.8, 4) is 0 Å². The van der Waals surface area contributed by atoms with E-state index in [2.05, 4.69) is 43.3 Å². The zero-order chi connectivity index (χ0) is 12.6. The predicted octanol–water partition coefficient (Wildman–Crippen LogP) is 1.03. The van der Waals surface area contributed by atoms with Crippen LogP contribution in [0.4, 0.5) is 0 Å². The highest BCUT2D eigenvalue weighted by atomic mass is 16.1. The van der Waals surface area contributed by atoms with Crippen molar-refractivity contribution in [3.63, 3.8) is 0 Å². The van der Waals surface area contributed by atoms with Crippen LogP contribution in [0.2, 0.25) is 0 Å². The van der Waals surface area contributed by atoms with Crippen LogP contribution in [-0.2, 0) is 4.79 Å². The zero-order valence-corrected chi connectivity index (χ0v) is 11.2. The topological polar surface area (TPSA) is 53.5 Å². The number of hydrogen-bond donors (Lipinski definition) is 2. The van der Waals surface area contributed by atoms with Crippen LogP contribution in [0.1, 0.15) is 27.7 Å². The minimum absolute atomic E-state index is 0.100. The summed E-state index contributed by atoms with van der Waals surface area (Å²) >= 11 is 0. The first-order chi connectivity index (χ1) is 8.02. The molecule has 0 spiro atoms. The number of rotatable bonds is 4. The van der Waals surface area contributed by atoms with Crippen LogP contribution in [-0.4, -0.2) is 30.9 Å². The number of nitrogens with zero attached hydrogens (tertiary/aromatic N) is 1. The van der Waals surface area contributed by atoms with E-state index >= 15 is 0 Å². The second-order valence-electron chi connectivity index (χ2n) is 5.67. The summed E-state index contributed by atoms with van der Waals surface area (Å²) in [7, 11) is 0. The standard InChI is InChI=1S/C13H23N3O/c1-7(2)11(16-13-14-5-6-15-13)12(17)10-8(3)9(10)4/h7-11H,5-6H2,1-4H3,(H2,14,15,16). The molecule has 0 aromatic rings. The predicted molar refractivity (Wildman–Crippen MR) is 68.9 cm³/mol. The van der Waals surface area contributed by atoms with Crippen molar-refractivity contribution in [2.75, 3.05) is 13.1 Å². The van der Waals surface area contributed by atoms with Crippen LogP contribution in [0.5, 0.6) is 0 Å². The van der Waals surface area contributed by atoms with E-state index in [1.54, 1.807) is 0 Å². The number of hydrogen-bond acceptors (Lipinski definition) is 4. The van der Waals surface area contributed by atoms with E-state index in [9.17, 15) is 4.79 Å². The number of guanidine groups is 1. The Hall–Kier alpha value is -1.06. The third-order valence-corrected chi connectivity index (χ3v) is 4.09. The Kier molecular flexibility index (Phi) is 3.40. The van der Waals surface area contributed by atoms with Gasteiger partial charge in [0.25, 0.3) is 0 Å². The molecule has 2 aliphatic rings. The highest BCUT2D eigenvalue weighted by Crippen LogP contribution is 2.46. The largest absolute Gasteiger partial charge is 0.355 e. The zero-order valence-electron chi connectivity index (χ0n) is 11.2. The minimum Gasteiger partial charge on any atom is -0.355 e. The Morgan fingerprint density at radius 1 is 1.41 bits per heavy atom. The third-order valence-electron chi connectivity index (χ3n) is 4.09. The molecule has 1 aliphatic heterocycles. The van der Waals surface area contributed by atoms with Gasteiger partial charge in [0, 0.05) is 12.5 Å². The summed E-state index contributed by atoms with van der Waals surface area (Å²) in [5.41, 5.74) is 0. The molecule has 3 atom stereocenters. The van der Waals surface area contributed by atoms with Crippen LogP contribution in [0, 0.1) is 23.7 Å². The summed E-state index contributed by atoms with van der Waals surface area (Å²) < 4.78 is 0. The first-order valence-corrected chi connectivity index (χ1v) is 6.61. The minimum atomic E-state index is -0.100. The molecule has 2 rings (SSSR count). The van der Waals surface area contributed by atoms with Crippen molar-refractivity contribution in [3.05, 3.63) is 0 Å². The van der Waals surface area contributed by atoms with Gasteiger partial charge in [-0.25, -0.2) is 0 Å². The molecule has 0 amide bonds. The Balaban J connectivity index is 1.99. The molecule has 0 saturated heterocycles. The molecule has 4 nitrogen and oxygen atoms in total. The Morgan fingerprint density at radius 3 is 2.47 bits per heavy atom. The lowest BCUT2D eigenvalue weighted by Gasteiger charge is -2.22. The maximum Gasteiger partial charge on any atom is 0.191 e. The van der Waals surface area contributed by atoms with Gasteiger partial charge in [-0.1, -0.05) is 27.7 Å². The molecule has 1 fully saturated rings. The summed E-state index contributed by atoms with van der Waals surface area (Å²) in [4.78, 5) is 16.7. The third kappa shape index (κ3) is 2.45. The number of carbonyl (C=O) groups is 1. The molecule has 2 N–H and O–H groups in total. The van der Waals surface area contributed by atoms with Crippen molar-refractivity contribution >= 4 is 11.7 Å². The van der Waals surface area contributed by atoms with E-state index in [4.69, 9.17) is 0 Å². The van der Waals surface area contributed by atoms with Gasteiger partial charge in [0.2, 0.25) is 0 Å². The van der Waals surface area contributed by atoms with Gasteiger partial charge in [-0.3, -0.25) is 9.79 Å². The first kappa shape index (κ1) is 12.4. The molecular formula is C13H23N3O. The van der Waals surface area contributed by atoms with E-state index in [1.165, 1.54) is 0 Å².